The number of benzene rings is 2. The van der Waals surface area contributed by atoms with Gasteiger partial charge in [-0.15, -0.1) is 0 Å². The smallest absolute Gasteiger partial charge is 0.315 e. The summed E-state index contributed by atoms with van der Waals surface area (Å²) in [5.41, 5.74) is 4.74. The summed E-state index contributed by atoms with van der Waals surface area (Å²) >= 11 is 0. The average Bonchev–Trinajstić information content (AvgIpc) is 2.54. The number of carbonyl (C=O) groups is 1. The number of aryl methyl sites for hydroxylation is 2. The van der Waals surface area contributed by atoms with Crippen molar-refractivity contribution in [1.29, 1.82) is 0 Å². The number of nitrogens with one attached hydrogen (secondary N) is 2. The van der Waals surface area contributed by atoms with Crippen LogP contribution in [0.2, 0.25) is 0 Å². The van der Waals surface area contributed by atoms with Crippen LogP contribution < -0.4 is 10.6 Å². The van der Waals surface area contributed by atoms with Gasteiger partial charge < -0.3 is 10.6 Å². The van der Waals surface area contributed by atoms with E-state index in [2.05, 4.69) is 41.8 Å². The molecule has 0 radical (unpaired) electrons. The van der Waals surface area contributed by atoms with E-state index in [1.807, 2.05) is 38.1 Å². The molecule has 0 saturated heterocycles. The van der Waals surface area contributed by atoms with Crippen LogP contribution in [-0.4, -0.2) is 6.03 Å². The molecule has 2 rings (SSSR count). The number of amides is 2. The second kappa shape index (κ2) is 7.64. The average molecular weight is 296 g/mol. The zero-order valence-electron chi connectivity index (χ0n) is 13.5. The molecule has 22 heavy (non-hydrogen) atoms. The lowest BCUT2D eigenvalue weighted by atomic mass is 10.1. The van der Waals surface area contributed by atoms with Crippen molar-refractivity contribution in [3.63, 3.8) is 0 Å². The first-order valence-electron chi connectivity index (χ1n) is 7.78. The Balaban J connectivity index is 1.87. The maximum Gasteiger partial charge on any atom is 0.315 e. The highest BCUT2D eigenvalue weighted by Gasteiger charge is 2.09. The van der Waals surface area contributed by atoms with Crippen molar-refractivity contribution >= 4 is 6.03 Å². The van der Waals surface area contributed by atoms with Gasteiger partial charge in [-0.05, 0) is 42.5 Å². The van der Waals surface area contributed by atoms with Gasteiger partial charge in [-0.1, -0.05) is 55.5 Å². The Labute approximate surface area is 132 Å². The summed E-state index contributed by atoms with van der Waals surface area (Å²) in [6.07, 6.45) is 1.03. The Kier molecular flexibility index (Phi) is 5.59. The minimum atomic E-state index is -0.143. The van der Waals surface area contributed by atoms with Crippen molar-refractivity contribution < 1.29 is 4.79 Å². The summed E-state index contributed by atoms with van der Waals surface area (Å²) in [5.74, 6) is 0. The van der Waals surface area contributed by atoms with E-state index in [1.54, 1.807) is 0 Å². The van der Waals surface area contributed by atoms with Crippen LogP contribution in [0.1, 0.15) is 42.1 Å². The van der Waals surface area contributed by atoms with Gasteiger partial charge in [-0.3, -0.25) is 0 Å². The molecule has 1 unspecified atom stereocenters. The number of rotatable bonds is 5. The van der Waals surface area contributed by atoms with Gasteiger partial charge in [0.1, 0.15) is 0 Å². The van der Waals surface area contributed by atoms with Crippen molar-refractivity contribution in [2.45, 2.75) is 39.8 Å². The summed E-state index contributed by atoms with van der Waals surface area (Å²) in [5, 5.41) is 5.89. The lowest BCUT2D eigenvalue weighted by Gasteiger charge is -2.16. The molecular weight excluding hydrogens is 272 g/mol. The fourth-order valence-corrected chi connectivity index (χ4v) is 2.36. The van der Waals surface area contributed by atoms with Crippen LogP contribution >= 0.6 is 0 Å². The fourth-order valence-electron chi connectivity index (χ4n) is 2.36. The fraction of sp³-hybridized carbons (Fsp3) is 0.316. The van der Waals surface area contributed by atoms with E-state index in [0.29, 0.717) is 6.54 Å². The summed E-state index contributed by atoms with van der Waals surface area (Å²) in [6.45, 7) is 6.72. The van der Waals surface area contributed by atoms with Crippen molar-refractivity contribution in [3.05, 3.63) is 70.8 Å². The van der Waals surface area contributed by atoms with Crippen LogP contribution in [0.15, 0.2) is 48.5 Å². The Morgan fingerprint density at radius 1 is 1.09 bits per heavy atom. The van der Waals surface area contributed by atoms with Gasteiger partial charge in [0.15, 0.2) is 0 Å². The molecule has 3 nitrogen and oxygen atoms in total. The van der Waals surface area contributed by atoms with Gasteiger partial charge in [0.2, 0.25) is 0 Å². The second-order valence-corrected chi connectivity index (χ2v) is 5.57. The topological polar surface area (TPSA) is 41.1 Å². The molecule has 0 saturated carbocycles. The molecule has 0 aliphatic heterocycles. The van der Waals surface area contributed by atoms with Crippen LogP contribution in [0.5, 0.6) is 0 Å². The highest BCUT2D eigenvalue weighted by atomic mass is 16.2. The van der Waals surface area contributed by atoms with E-state index in [1.165, 1.54) is 11.1 Å². The first-order valence-corrected chi connectivity index (χ1v) is 7.78. The minimum absolute atomic E-state index is 0.0113. The largest absolute Gasteiger partial charge is 0.334 e. The Bertz CT molecular complexity index is 620. The zero-order chi connectivity index (χ0) is 15.9. The molecule has 116 valence electrons. The Hall–Kier alpha value is -2.29. The highest BCUT2D eigenvalue weighted by molar-refractivity contribution is 5.74. The molecule has 2 N–H and O–H groups in total. The molecule has 0 bridgehead atoms. The van der Waals surface area contributed by atoms with E-state index in [0.717, 1.165) is 17.5 Å². The van der Waals surface area contributed by atoms with Crippen LogP contribution in [0.3, 0.4) is 0 Å². The third-order valence-corrected chi connectivity index (χ3v) is 3.94. The van der Waals surface area contributed by atoms with Crippen molar-refractivity contribution in [1.82, 2.24) is 10.6 Å². The van der Waals surface area contributed by atoms with E-state index < -0.39 is 0 Å². The van der Waals surface area contributed by atoms with E-state index in [4.69, 9.17) is 0 Å². The predicted molar refractivity (Wildman–Crippen MR) is 90.8 cm³/mol. The van der Waals surface area contributed by atoms with Gasteiger partial charge in [-0.25, -0.2) is 4.79 Å². The molecule has 1 atom stereocenters. The van der Waals surface area contributed by atoms with Crippen LogP contribution in [0, 0.1) is 6.92 Å². The molecule has 0 heterocycles. The number of urea groups is 1. The van der Waals surface area contributed by atoms with E-state index in [9.17, 15) is 4.79 Å². The molecule has 2 amide bonds. The molecule has 2 aromatic rings. The van der Waals surface area contributed by atoms with Crippen LogP contribution in [0.25, 0.3) is 0 Å². The first kappa shape index (κ1) is 16.1. The lowest BCUT2D eigenvalue weighted by Crippen LogP contribution is -2.36. The monoisotopic (exact) mass is 296 g/mol. The molecule has 3 heteroatoms. The summed E-state index contributed by atoms with van der Waals surface area (Å²) in [7, 11) is 0. The maximum atomic E-state index is 12.0. The lowest BCUT2D eigenvalue weighted by molar-refractivity contribution is 0.237. The Morgan fingerprint density at radius 3 is 2.41 bits per heavy atom. The predicted octanol–water partition coefficient (Wildman–Crippen LogP) is 4.12. The van der Waals surface area contributed by atoms with E-state index >= 15 is 0 Å². The van der Waals surface area contributed by atoms with Crippen molar-refractivity contribution in [2.75, 3.05) is 0 Å². The SMILES string of the molecule is CCc1ccc(C(C)NC(=O)NCc2ccccc2C)cc1. The molecule has 0 aromatic heterocycles. The quantitative estimate of drug-likeness (QED) is 0.856. The van der Waals surface area contributed by atoms with E-state index in [-0.39, 0.29) is 12.1 Å². The van der Waals surface area contributed by atoms with Gasteiger partial charge in [-0.2, -0.15) is 0 Å². The minimum Gasteiger partial charge on any atom is -0.334 e. The molecule has 0 aliphatic rings. The third-order valence-electron chi connectivity index (χ3n) is 3.94. The van der Waals surface area contributed by atoms with Crippen molar-refractivity contribution in [3.8, 4) is 0 Å². The summed E-state index contributed by atoms with van der Waals surface area (Å²) in [4.78, 5) is 12.0. The van der Waals surface area contributed by atoms with Crippen LogP contribution in [0.4, 0.5) is 4.79 Å². The highest BCUT2D eigenvalue weighted by Crippen LogP contribution is 2.13. The van der Waals surface area contributed by atoms with Gasteiger partial charge >= 0.3 is 6.03 Å². The molecule has 0 fully saturated rings. The van der Waals surface area contributed by atoms with Crippen molar-refractivity contribution in [2.24, 2.45) is 0 Å². The zero-order valence-corrected chi connectivity index (χ0v) is 13.5. The second-order valence-electron chi connectivity index (χ2n) is 5.57. The number of hydrogen-bond acceptors (Lipinski definition) is 1. The molecule has 0 aliphatic carbocycles. The number of carbonyl (C=O) groups excluding carboxylic acids is 1. The maximum absolute atomic E-state index is 12.0. The Morgan fingerprint density at radius 2 is 1.77 bits per heavy atom. The molecule has 0 spiro atoms. The van der Waals surface area contributed by atoms with Gasteiger partial charge in [0.05, 0.1) is 6.04 Å². The first-order chi connectivity index (χ1) is 10.6. The third kappa shape index (κ3) is 4.35. The number of hydrogen-bond donors (Lipinski definition) is 2. The van der Waals surface area contributed by atoms with Crippen LogP contribution in [-0.2, 0) is 13.0 Å². The van der Waals surface area contributed by atoms with Gasteiger partial charge in [0, 0.05) is 6.54 Å². The van der Waals surface area contributed by atoms with Gasteiger partial charge in [0.25, 0.3) is 0 Å². The normalized spacial score (nSPS) is 11.8. The summed E-state index contributed by atoms with van der Waals surface area (Å²) < 4.78 is 0. The molecular formula is C19H24N2O. The molecule has 2 aromatic carbocycles. The summed E-state index contributed by atoms with van der Waals surface area (Å²) in [6, 6.07) is 16.3. The standard InChI is InChI=1S/C19H24N2O/c1-4-16-9-11-17(12-10-16)15(3)21-19(22)20-13-18-8-6-5-7-14(18)2/h5-12,15H,4,13H2,1-3H3,(H2,20,21,22).